The van der Waals surface area contributed by atoms with Crippen molar-refractivity contribution in [1.29, 1.82) is 0 Å². The Kier molecular flexibility index (Phi) is 5.22. The molecule has 1 saturated heterocycles. The van der Waals surface area contributed by atoms with Crippen molar-refractivity contribution in [2.75, 3.05) is 26.2 Å². The molecule has 3 aromatic heterocycles. The average Bonchev–Trinajstić information content (AvgIpc) is 3.49. The maximum atomic E-state index is 13.5. The molecule has 33 heavy (non-hydrogen) atoms. The van der Waals surface area contributed by atoms with Crippen molar-refractivity contribution in [1.82, 2.24) is 19.3 Å². The monoisotopic (exact) mass is 470 g/mol. The lowest BCUT2D eigenvalue weighted by atomic mass is 10.1. The van der Waals surface area contributed by atoms with Crippen LogP contribution in [0, 0.1) is 12.7 Å². The van der Waals surface area contributed by atoms with E-state index in [1.54, 1.807) is 30.0 Å². The molecule has 0 spiro atoms. The molecule has 0 bridgehead atoms. The number of furan rings is 1. The summed E-state index contributed by atoms with van der Waals surface area (Å²) in [5.41, 5.74) is 1.53. The number of aryl methyl sites for hydroxylation is 1. The van der Waals surface area contributed by atoms with Gasteiger partial charge in [-0.05, 0) is 43.3 Å². The molecule has 4 aromatic rings. The maximum Gasteiger partial charge on any atom is 0.259 e. The highest BCUT2D eigenvalue weighted by atomic mass is 32.2. The lowest BCUT2D eigenvalue weighted by Crippen LogP contribution is -2.50. The molecule has 0 unspecified atom stereocenters. The van der Waals surface area contributed by atoms with Crippen molar-refractivity contribution >= 4 is 27.0 Å². The summed E-state index contributed by atoms with van der Waals surface area (Å²) < 4.78 is 51.2. The van der Waals surface area contributed by atoms with Crippen LogP contribution in [0.15, 0.2) is 62.6 Å². The third kappa shape index (κ3) is 3.79. The molecule has 0 saturated carbocycles. The fraction of sp³-hybridized carbons (Fsp3) is 0.227. The zero-order valence-electron chi connectivity index (χ0n) is 17.6. The van der Waals surface area contributed by atoms with Crippen LogP contribution in [-0.2, 0) is 10.0 Å². The zero-order valence-corrected chi connectivity index (χ0v) is 18.4. The van der Waals surface area contributed by atoms with E-state index in [2.05, 4.69) is 10.1 Å². The SMILES string of the molecule is Cc1noc2nc(-c3ccco3)cc(C(=O)N3CCN(S(=O)(=O)c4cccc(F)c4)CC3)c12. The third-order valence-corrected chi connectivity index (χ3v) is 7.48. The molecule has 170 valence electrons. The standard InChI is InChI=1S/C22H19FN4O5S/c1-14-20-17(13-18(19-6-3-11-31-19)24-21(20)32-25-14)22(28)26-7-9-27(10-8-26)33(29,30)16-5-2-4-15(23)12-16/h2-6,11-13H,7-10H2,1H3. The predicted octanol–water partition coefficient (Wildman–Crippen LogP) is 3.08. The number of carbonyl (C=O) groups is 1. The van der Waals surface area contributed by atoms with Crippen molar-refractivity contribution in [3.8, 4) is 11.5 Å². The minimum absolute atomic E-state index is 0.0898. The number of halogens is 1. The van der Waals surface area contributed by atoms with Gasteiger partial charge in [0.25, 0.3) is 11.6 Å². The van der Waals surface area contributed by atoms with Gasteiger partial charge in [0.2, 0.25) is 10.0 Å². The number of amides is 1. The Bertz CT molecular complexity index is 1440. The summed E-state index contributed by atoms with van der Waals surface area (Å²) in [6.07, 6.45) is 1.51. The summed E-state index contributed by atoms with van der Waals surface area (Å²) in [6, 6.07) is 9.96. The fourth-order valence-corrected chi connectivity index (χ4v) is 5.35. The van der Waals surface area contributed by atoms with E-state index in [9.17, 15) is 17.6 Å². The van der Waals surface area contributed by atoms with Gasteiger partial charge in [-0.1, -0.05) is 11.2 Å². The van der Waals surface area contributed by atoms with Crippen LogP contribution in [0.1, 0.15) is 16.1 Å². The third-order valence-electron chi connectivity index (χ3n) is 5.58. The highest BCUT2D eigenvalue weighted by Crippen LogP contribution is 2.29. The van der Waals surface area contributed by atoms with Crippen LogP contribution in [0.2, 0.25) is 0 Å². The highest BCUT2D eigenvalue weighted by molar-refractivity contribution is 7.89. The van der Waals surface area contributed by atoms with Gasteiger partial charge in [0.05, 0.1) is 27.8 Å². The van der Waals surface area contributed by atoms with Gasteiger partial charge in [0.15, 0.2) is 5.76 Å². The van der Waals surface area contributed by atoms with Crippen molar-refractivity contribution < 1.29 is 26.5 Å². The largest absolute Gasteiger partial charge is 0.463 e. The van der Waals surface area contributed by atoms with E-state index >= 15 is 0 Å². The molecule has 1 amide bonds. The summed E-state index contributed by atoms with van der Waals surface area (Å²) in [4.78, 5) is 19.3. The van der Waals surface area contributed by atoms with Crippen LogP contribution in [0.3, 0.4) is 0 Å². The van der Waals surface area contributed by atoms with Crippen molar-refractivity contribution in [2.45, 2.75) is 11.8 Å². The molecule has 0 N–H and O–H groups in total. The van der Waals surface area contributed by atoms with E-state index < -0.39 is 15.8 Å². The summed E-state index contributed by atoms with van der Waals surface area (Å²) in [5.74, 6) is -0.432. The van der Waals surface area contributed by atoms with Gasteiger partial charge in [-0.2, -0.15) is 4.31 Å². The molecule has 5 rings (SSSR count). The van der Waals surface area contributed by atoms with Gasteiger partial charge in [0, 0.05) is 26.2 Å². The van der Waals surface area contributed by atoms with Crippen LogP contribution >= 0.6 is 0 Å². The summed E-state index contributed by atoms with van der Waals surface area (Å²) in [6.45, 7) is 2.26. The van der Waals surface area contributed by atoms with Crippen molar-refractivity contribution in [3.05, 3.63) is 65.8 Å². The van der Waals surface area contributed by atoms with Gasteiger partial charge in [-0.25, -0.2) is 17.8 Å². The van der Waals surface area contributed by atoms with E-state index in [1.807, 2.05) is 0 Å². The number of aromatic nitrogens is 2. The van der Waals surface area contributed by atoms with E-state index in [-0.39, 0.29) is 42.7 Å². The molecular formula is C22H19FN4O5S. The number of nitrogens with zero attached hydrogens (tertiary/aromatic N) is 4. The lowest BCUT2D eigenvalue weighted by molar-refractivity contribution is 0.0699. The zero-order chi connectivity index (χ0) is 23.2. The second-order valence-electron chi connectivity index (χ2n) is 7.63. The first-order chi connectivity index (χ1) is 15.8. The van der Waals surface area contributed by atoms with E-state index in [0.717, 1.165) is 6.07 Å². The number of fused-ring (bicyclic) bond motifs is 1. The Morgan fingerprint density at radius 2 is 1.88 bits per heavy atom. The summed E-state index contributed by atoms with van der Waals surface area (Å²) in [7, 11) is -3.86. The van der Waals surface area contributed by atoms with Crippen LogP contribution < -0.4 is 0 Å². The lowest BCUT2D eigenvalue weighted by Gasteiger charge is -2.34. The van der Waals surface area contributed by atoms with Gasteiger partial charge < -0.3 is 13.8 Å². The van der Waals surface area contributed by atoms with E-state index in [0.29, 0.717) is 28.1 Å². The van der Waals surface area contributed by atoms with Gasteiger partial charge in [-0.15, -0.1) is 0 Å². The first-order valence-electron chi connectivity index (χ1n) is 10.2. The molecule has 11 heteroatoms. The number of sulfonamides is 1. The number of carbonyl (C=O) groups excluding carboxylic acids is 1. The van der Waals surface area contributed by atoms with Gasteiger partial charge in [-0.3, -0.25) is 4.79 Å². The minimum Gasteiger partial charge on any atom is -0.463 e. The Balaban J connectivity index is 1.41. The smallest absolute Gasteiger partial charge is 0.259 e. The molecule has 0 radical (unpaired) electrons. The molecule has 1 aliphatic heterocycles. The van der Waals surface area contributed by atoms with E-state index in [1.165, 1.54) is 28.8 Å². The van der Waals surface area contributed by atoms with Crippen LogP contribution in [-0.4, -0.2) is 59.8 Å². The number of pyridine rings is 1. The number of benzene rings is 1. The number of hydrogen-bond donors (Lipinski definition) is 0. The molecule has 1 fully saturated rings. The quantitative estimate of drug-likeness (QED) is 0.451. The Morgan fingerprint density at radius 1 is 1.09 bits per heavy atom. The molecule has 0 aliphatic carbocycles. The van der Waals surface area contributed by atoms with Crippen LogP contribution in [0.5, 0.6) is 0 Å². The van der Waals surface area contributed by atoms with E-state index in [4.69, 9.17) is 8.94 Å². The second-order valence-corrected chi connectivity index (χ2v) is 9.57. The summed E-state index contributed by atoms with van der Waals surface area (Å²) >= 11 is 0. The fourth-order valence-electron chi connectivity index (χ4n) is 3.89. The Morgan fingerprint density at radius 3 is 2.58 bits per heavy atom. The number of piperazine rings is 1. The van der Waals surface area contributed by atoms with Crippen molar-refractivity contribution in [3.63, 3.8) is 0 Å². The topological polar surface area (TPSA) is 110 Å². The summed E-state index contributed by atoms with van der Waals surface area (Å²) in [5, 5.41) is 4.44. The molecule has 1 aromatic carbocycles. The van der Waals surface area contributed by atoms with Gasteiger partial charge in [0.1, 0.15) is 11.5 Å². The number of hydrogen-bond acceptors (Lipinski definition) is 7. The first kappa shape index (κ1) is 21.3. The van der Waals surface area contributed by atoms with Gasteiger partial charge >= 0.3 is 0 Å². The van der Waals surface area contributed by atoms with Crippen LogP contribution in [0.4, 0.5) is 4.39 Å². The normalized spacial score (nSPS) is 15.3. The second kappa shape index (κ2) is 8.09. The van der Waals surface area contributed by atoms with Crippen LogP contribution in [0.25, 0.3) is 22.6 Å². The first-order valence-corrected chi connectivity index (χ1v) is 11.6. The molecule has 0 atom stereocenters. The molecule has 9 nitrogen and oxygen atoms in total. The van der Waals surface area contributed by atoms with Crippen molar-refractivity contribution in [2.24, 2.45) is 0 Å². The molecular weight excluding hydrogens is 451 g/mol. The molecule has 4 heterocycles. The minimum atomic E-state index is -3.86. The Labute approximate surface area is 188 Å². The number of rotatable bonds is 4. The highest BCUT2D eigenvalue weighted by Gasteiger charge is 2.32. The molecule has 1 aliphatic rings. The average molecular weight is 470 g/mol. The maximum absolute atomic E-state index is 13.5. The Hall–Kier alpha value is -3.57. The predicted molar refractivity (Wildman–Crippen MR) is 115 cm³/mol.